The Balaban J connectivity index is 2.25. The summed E-state index contributed by atoms with van der Waals surface area (Å²) in [5.74, 6) is -0.184. The van der Waals surface area contributed by atoms with Gasteiger partial charge in [0.2, 0.25) is 0 Å². The van der Waals surface area contributed by atoms with E-state index in [1.54, 1.807) is 22.9 Å². The highest BCUT2D eigenvalue weighted by atomic mass is 35.5. The lowest BCUT2D eigenvalue weighted by Gasteiger charge is -2.08. The van der Waals surface area contributed by atoms with Crippen molar-refractivity contribution in [3.63, 3.8) is 0 Å². The minimum absolute atomic E-state index is 0.0902. The smallest absolute Gasteiger partial charge is 0.200 e. The first-order chi connectivity index (χ1) is 10.1. The van der Waals surface area contributed by atoms with E-state index in [9.17, 15) is 4.39 Å². The molecule has 106 valence electrons. The highest BCUT2D eigenvalue weighted by Gasteiger charge is 2.15. The van der Waals surface area contributed by atoms with Crippen molar-refractivity contribution in [2.24, 2.45) is 0 Å². The van der Waals surface area contributed by atoms with E-state index >= 15 is 0 Å². The molecule has 0 aliphatic rings. The Hall–Kier alpha value is -1.76. The zero-order valence-corrected chi connectivity index (χ0v) is 12.7. The van der Waals surface area contributed by atoms with Crippen LogP contribution in [0.3, 0.4) is 0 Å². The molecule has 0 amide bonds. The van der Waals surface area contributed by atoms with Crippen molar-refractivity contribution in [2.75, 3.05) is 0 Å². The van der Waals surface area contributed by atoms with E-state index in [1.807, 2.05) is 6.07 Å². The first-order valence-electron chi connectivity index (χ1n) is 5.81. The van der Waals surface area contributed by atoms with E-state index in [-0.39, 0.29) is 10.0 Å². The number of nitrogens with one attached hydrogen (secondary N) is 1. The number of pyridine rings is 1. The molecule has 0 radical (unpaired) electrons. The Morgan fingerprint density at radius 2 is 1.90 bits per heavy atom. The Morgan fingerprint density at radius 1 is 1.19 bits per heavy atom. The molecule has 0 spiro atoms. The van der Waals surface area contributed by atoms with Gasteiger partial charge in [-0.25, -0.2) is 4.39 Å². The summed E-state index contributed by atoms with van der Waals surface area (Å²) in [4.78, 5) is 4.22. The maximum Gasteiger partial charge on any atom is 0.200 e. The number of hydrogen-bond acceptors (Lipinski definition) is 3. The fraction of sp³-hybridized carbons (Fsp3) is 0. The van der Waals surface area contributed by atoms with Crippen molar-refractivity contribution in [1.29, 1.82) is 0 Å². The predicted octanol–water partition coefficient (Wildman–Crippen LogP) is 4.44. The molecule has 1 N–H and O–H groups in total. The first-order valence-corrected chi connectivity index (χ1v) is 6.98. The molecule has 0 aliphatic carbocycles. The van der Waals surface area contributed by atoms with Crippen LogP contribution in [0.4, 0.5) is 4.39 Å². The number of aromatic nitrogens is 4. The normalized spacial score (nSPS) is 10.8. The number of H-pyrrole nitrogens is 1. The van der Waals surface area contributed by atoms with Crippen molar-refractivity contribution < 1.29 is 4.39 Å². The van der Waals surface area contributed by atoms with E-state index in [2.05, 4.69) is 15.2 Å². The summed E-state index contributed by atoms with van der Waals surface area (Å²) in [6.45, 7) is 0. The lowest BCUT2D eigenvalue weighted by atomic mass is 10.3. The van der Waals surface area contributed by atoms with Gasteiger partial charge in [-0.1, -0.05) is 29.3 Å². The summed E-state index contributed by atoms with van der Waals surface area (Å²) in [6, 6.07) is 8.27. The zero-order valence-electron chi connectivity index (χ0n) is 10.3. The van der Waals surface area contributed by atoms with Crippen LogP contribution in [0.1, 0.15) is 0 Å². The highest BCUT2D eigenvalue weighted by molar-refractivity contribution is 7.71. The maximum atomic E-state index is 13.5. The Kier molecular flexibility index (Phi) is 3.75. The van der Waals surface area contributed by atoms with Gasteiger partial charge in [0.25, 0.3) is 0 Å². The molecular weight excluding hydrogens is 334 g/mol. The first kappa shape index (κ1) is 14.2. The Morgan fingerprint density at radius 3 is 2.52 bits per heavy atom. The second kappa shape index (κ2) is 5.55. The van der Waals surface area contributed by atoms with Gasteiger partial charge in [-0.05, 0) is 36.5 Å². The van der Waals surface area contributed by atoms with Crippen LogP contribution in [0.2, 0.25) is 10.0 Å². The van der Waals surface area contributed by atoms with Crippen LogP contribution in [0.5, 0.6) is 0 Å². The van der Waals surface area contributed by atoms with Crippen molar-refractivity contribution in [3.8, 4) is 17.2 Å². The SMILES string of the molecule is Fc1c(Cl)cc(-n2c(-c3ccccn3)n[nH]c2=S)cc1Cl. The van der Waals surface area contributed by atoms with Gasteiger partial charge >= 0.3 is 0 Å². The second-order valence-electron chi connectivity index (χ2n) is 4.13. The summed E-state index contributed by atoms with van der Waals surface area (Å²) in [5.41, 5.74) is 1.12. The van der Waals surface area contributed by atoms with Gasteiger partial charge in [-0.3, -0.25) is 14.6 Å². The molecule has 0 aliphatic heterocycles. The van der Waals surface area contributed by atoms with E-state index in [4.69, 9.17) is 35.4 Å². The third-order valence-corrected chi connectivity index (χ3v) is 3.62. The fourth-order valence-electron chi connectivity index (χ4n) is 1.87. The average molecular weight is 341 g/mol. The van der Waals surface area contributed by atoms with Crippen molar-refractivity contribution in [3.05, 3.63) is 57.2 Å². The molecule has 3 aromatic rings. The quantitative estimate of drug-likeness (QED) is 0.554. The summed E-state index contributed by atoms with van der Waals surface area (Å²) < 4.78 is 15.5. The van der Waals surface area contributed by atoms with Crippen molar-refractivity contribution in [2.45, 2.75) is 0 Å². The lowest BCUT2D eigenvalue weighted by molar-refractivity contribution is 0.628. The van der Waals surface area contributed by atoms with Crippen LogP contribution < -0.4 is 0 Å². The molecule has 0 unspecified atom stereocenters. The van der Waals surface area contributed by atoms with Crippen LogP contribution in [0, 0.1) is 10.6 Å². The topological polar surface area (TPSA) is 46.5 Å². The van der Waals surface area contributed by atoms with E-state index in [1.165, 1.54) is 12.1 Å². The number of nitrogens with zero attached hydrogens (tertiary/aromatic N) is 3. The van der Waals surface area contributed by atoms with Gasteiger partial charge in [0.15, 0.2) is 16.4 Å². The van der Waals surface area contributed by atoms with E-state index < -0.39 is 5.82 Å². The molecular formula is C13H7Cl2FN4S. The summed E-state index contributed by atoms with van der Waals surface area (Å²) in [7, 11) is 0. The van der Waals surface area contributed by atoms with Crippen LogP contribution in [0.15, 0.2) is 36.5 Å². The van der Waals surface area contributed by atoms with Gasteiger partial charge in [0.1, 0.15) is 5.69 Å². The molecule has 2 aromatic heterocycles. The van der Waals surface area contributed by atoms with Gasteiger partial charge < -0.3 is 0 Å². The Bertz CT molecular complexity index is 837. The molecule has 0 atom stereocenters. The summed E-state index contributed by atoms with van der Waals surface area (Å²) in [5, 5.41) is 6.65. The number of rotatable bonds is 2. The van der Waals surface area contributed by atoms with Gasteiger partial charge in [-0.15, -0.1) is 0 Å². The average Bonchev–Trinajstić information content (AvgIpc) is 2.87. The predicted molar refractivity (Wildman–Crippen MR) is 82.0 cm³/mol. The number of aromatic amines is 1. The van der Waals surface area contributed by atoms with Gasteiger partial charge in [0.05, 0.1) is 15.7 Å². The minimum atomic E-state index is -0.670. The maximum absolute atomic E-state index is 13.5. The van der Waals surface area contributed by atoms with Crippen LogP contribution >= 0.6 is 35.4 Å². The molecule has 3 rings (SSSR count). The third-order valence-electron chi connectivity index (χ3n) is 2.79. The van der Waals surface area contributed by atoms with Crippen molar-refractivity contribution in [1.82, 2.24) is 19.7 Å². The highest BCUT2D eigenvalue weighted by Crippen LogP contribution is 2.28. The second-order valence-corrected chi connectivity index (χ2v) is 5.33. The molecule has 4 nitrogen and oxygen atoms in total. The standard InChI is InChI=1S/C13H7Cl2FN4S/c14-8-5-7(6-9(15)11(8)16)20-12(18-19-13(20)21)10-3-1-2-4-17-10/h1-6H,(H,19,21). The van der Waals surface area contributed by atoms with Gasteiger partial charge in [-0.2, -0.15) is 5.10 Å². The zero-order chi connectivity index (χ0) is 15.0. The van der Waals surface area contributed by atoms with E-state index in [0.717, 1.165) is 0 Å². The lowest BCUT2D eigenvalue weighted by Crippen LogP contribution is -2.00. The molecule has 0 saturated heterocycles. The van der Waals surface area contributed by atoms with Gasteiger partial charge in [0, 0.05) is 6.20 Å². The molecule has 0 bridgehead atoms. The summed E-state index contributed by atoms with van der Waals surface area (Å²) in [6.07, 6.45) is 1.64. The molecule has 8 heteroatoms. The van der Waals surface area contributed by atoms with Crippen molar-refractivity contribution >= 4 is 35.4 Å². The number of halogens is 3. The third kappa shape index (κ3) is 2.57. The molecule has 0 fully saturated rings. The molecule has 2 heterocycles. The minimum Gasteiger partial charge on any atom is -0.267 e. The molecule has 0 saturated carbocycles. The summed E-state index contributed by atoms with van der Waals surface area (Å²) >= 11 is 16.9. The Labute approximate surface area is 134 Å². The number of hydrogen-bond donors (Lipinski definition) is 1. The van der Waals surface area contributed by atoms with Crippen LogP contribution in [-0.2, 0) is 0 Å². The fourth-order valence-corrected chi connectivity index (χ4v) is 2.59. The van der Waals surface area contributed by atoms with Crippen LogP contribution in [-0.4, -0.2) is 19.7 Å². The molecule has 1 aromatic carbocycles. The van der Waals surface area contributed by atoms with E-state index in [0.29, 0.717) is 22.0 Å². The monoisotopic (exact) mass is 340 g/mol. The largest absolute Gasteiger partial charge is 0.267 e. The number of benzene rings is 1. The molecule has 21 heavy (non-hydrogen) atoms. The van der Waals surface area contributed by atoms with Crippen LogP contribution in [0.25, 0.3) is 17.2 Å².